The van der Waals surface area contributed by atoms with E-state index in [2.05, 4.69) is 37.3 Å². The molecule has 4 aromatic heterocycles. The van der Waals surface area contributed by atoms with Crippen LogP contribution in [0.5, 0.6) is 0 Å². The second-order valence-corrected chi connectivity index (χ2v) is 5.56. The van der Waals surface area contributed by atoms with Crippen molar-refractivity contribution in [3.8, 4) is 22.6 Å². The van der Waals surface area contributed by atoms with E-state index in [0.717, 1.165) is 44.6 Å². The molecular weight excluding hydrogens is 300 g/mol. The summed E-state index contributed by atoms with van der Waals surface area (Å²) in [4.78, 5) is 16.3. The molecule has 5 rings (SSSR count). The van der Waals surface area contributed by atoms with Crippen molar-refractivity contribution >= 4 is 21.9 Å². The fourth-order valence-corrected chi connectivity index (χ4v) is 2.88. The number of aromatic nitrogens is 6. The summed E-state index contributed by atoms with van der Waals surface area (Å²) in [7, 11) is 0. The Bertz CT molecular complexity index is 1120. The van der Waals surface area contributed by atoms with Crippen LogP contribution in [0.4, 0.5) is 0 Å². The molecule has 0 unspecified atom stereocenters. The van der Waals surface area contributed by atoms with Crippen molar-refractivity contribution in [1.29, 1.82) is 0 Å². The maximum absolute atomic E-state index is 4.76. The Kier molecular flexibility index (Phi) is 2.69. The Morgan fingerprint density at radius 2 is 1.75 bits per heavy atom. The number of benzene rings is 1. The summed E-state index contributed by atoms with van der Waals surface area (Å²) in [6.07, 6.45) is 5.02. The van der Waals surface area contributed by atoms with Crippen LogP contribution < -0.4 is 0 Å². The molecule has 5 aromatic rings. The molecule has 1 aromatic carbocycles. The summed E-state index contributed by atoms with van der Waals surface area (Å²) in [5, 5.41) is 8.64. The summed E-state index contributed by atoms with van der Waals surface area (Å²) in [6.45, 7) is 0. The average molecular weight is 312 g/mol. The minimum absolute atomic E-state index is 0.805. The normalized spacial score (nSPS) is 11.3. The van der Waals surface area contributed by atoms with Crippen molar-refractivity contribution < 1.29 is 0 Å². The van der Waals surface area contributed by atoms with E-state index in [4.69, 9.17) is 4.98 Å². The van der Waals surface area contributed by atoms with E-state index in [0.29, 0.717) is 0 Å². The van der Waals surface area contributed by atoms with Crippen molar-refractivity contribution in [2.24, 2.45) is 0 Å². The van der Waals surface area contributed by atoms with Crippen molar-refractivity contribution in [3.63, 3.8) is 0 Å². The topological polar surface area (TPSA) is 83.1 Å². The monoisotopic (exact) mass is 312 g/mol. The highest BCUT2D eigenvalue weighted by Crippen LogP contribution is 2.29. The summed E-state index contributed by atoms with van der Waals surface area (Å²) in [5.41, 5.74) is 6.24. The molecule has 114 valence electrons. The van der Waals surface area contributed by atoms with Gasteiger partial charge in [0.05, 0.1) is 16.9 Å². The van der Waals surface area contributed by atoms with Gasteiger partial charge in [-0.1, -0.05) is 18.2 Å². The Hall–Kier alpha value is -3.54. The summed E-state index contributed by atoms with van der Waals surface area (Å²) in [5.74, 6) is 0. The maximum Gasteiger partial charge on any atom is 0.135 e. The van der Waals surface area contributed by atoms with Crippen LogP contribution in [-0.4, -0.2) is 30.1 Å². The van der Waals surface area contributed by atoms with E-state index in [-0.39, 0.29) is 0 Å². The van der Waals surface area contributed by atoms with Crippen LogP contribution in [0, 0.1) is 0 Å². The van der Waals surface area contributed by atoms with Crippen LogP contribution in [0.25, 0.3) is 44.6 Å². The zero-order valence-corrected chi connectivity index (χ0v) is 12.6. The van der Waals surface area contributed by atoms with Gasteiger partial charge in [0, 0.05) is 28.9 Å². The van der Waals surface area contributed by atoms with Crippen molar-refractivity contribution in [2.45, 2.75) is 0 Å². The number of nitrogens with one attached hydrogen (secondary N) is 2. The minimum atomic E-state index is 0.805. The molecule has 2 N–H and O–H groups in total. The van der Waals surface area contributed by atoms with Crippen LogP contribution in [0.3, 0.4) is 0 Å². The van der Waals surface area contributed by atoms with E-state index >= 15 is 0 Å². The van der Waals surface area contributed by atoms with E-state index < -0.39 is 0 Å². The van der Waals surface area contributed by atoms with Gasteiger partial charge < -0.3 is 4.98 Å². The molecule has 4 heterocycles. The lowest BCUT2D eigenvalue weighted by molar-refractivity contribution is 1.12. The molecule has 6 heteroatoms. The van der Waals surface area contributed by atoms with Gasteiger partial charge in [-0.2, -0.15) is 5.10 Å². The Balaban J connectivity index is 1.71. The van der Waals surface area contributed by atoms with Gasteiger partial charge in [-0.3, -0.25) is 5.10 Å². The van der Waals surface area contributed by atoms with E-state index in [1.54, 1.807) is 12.4 Å². The molecule has 6 nitrogen and oxygen atoms in total. The van der Waals surface area contributed by atoms with Gasteiger partial charge in [-0.05, 0) is 24.3 Å². The fourth-order valence-electron chi connectivity index (χ4n) is 2.88. The van der Waals surface area contributed by atoms with E-state index in [1.165, 1.54) is 6.33 Å². The first-order valence-electron chi connectivity index (χ1n) is 7.57. The van der Waals surface area contributed by atoms with Crippen LogP contribution >= 0.6 is 0 Å². The summed E-state index contributed by atoms with van der Waals surface area (Å²) >= 11 is 0. The van der Waals surface area contributed by atoms with Gasteiger partial charge in [0.1, 0.15) is 17.5 Å². The molecule has 0 aliphatic carbocycles. The van der Waals surface area contributed by atoms with E-state index in [9.17, 15) is 0 Å². The van der Waals surface area contributed by atoms with Crippen LogP contribution in [0.1, 0.15) is 0 Å². The number of nitrogens with zero attached hydrogens (tertiary/aromatic N) is 4. The quantitative estimate of drug-likeness (QED) is 0.522. The number of rotatable bonds is 2. The molecule has 24 heavy (non-hydrogen) atoms. The third-order valence-corrected chi connectivity index (χ3v) is 4.05. The number of H-pyrrole nitrogens is 2. The number of fused-ring (bicyclic) bond motifs is 2. The second kappa shape index (κ2) is 4.99. The van der Waals surface area contributed by atoms with Gasteiger partial charge in [0.25, 0.3) is 0 Å². The number of hydrogen-bond acceptors (Lipinski definition) is 4. The molecule has 0 aliphatic heterocycles. The van der Waals surface area contributed by atoms with E-state index in [1.807, 2.05) is 30.3 Å². The van der Waals surface area contributed by atoms with Crippen molar-refractivity contribution in [3.05, 3.63) is 61.2 Å². The highest BCUT2D eigenvalue weighted by Gasteiger charge is 2.13. The number of hydrogen-bond donors (Lipinski definition) is 2. The molecule has 0 aliphatic rings. The Morgan fingerprint density at radius 3 is 2.62 bits per heavy atom. The van der Waals surface area contributed by atoms with Gasteiger partial charge >= 0.3 is 0 Å². The average Bonchev–Trinajstić information content (AvgIpc) is 3.25. The highest BCUT2D eigenvalue weighted by molar-refractivity contribution is 5.94. The molecular formula is C18H12N6. The smallest absolute Gasteiger partial charge is 0.135 e. The van der Waals surface area contributed by atoms with Crippen LogP contribution in [0.15, 0.2) is 61.2 Å². The zero-order chi connectivity index (χ0) is 15.9. The van der Waals surface area contributed by atoms with Gasteiger partial charge in [0.15, 0.2) is 0 Å². The van der Waals surface area contributed by atoms with Gasteiger partial charge in [0.2, 0.25) is 0 Å². The molecule has 0 amide bonds. The zero-order valence-electron chi connectivity index (χ0n) is 12.6. The van der Waals surface area contributed by atoms with Crippen LogP contribution in [-0.2, 0) is 0 Å². The molecule has 0 bridgehead atoms. The highest BCUT2D eigenvalue weighted by atomic mass is 15.1. The SMILES string of the molecule is c1ccc2[nH]c(-c3n[nH]c4ccc(-c5cncnc5)nc34)cc2c1. The lowest BCUT2D eigenvalue weighted by Gasteiger charge is -2.00. The first kappa shape index (κ1) is 13.0. The van der Waals surface area contributed by atoms with Crippen molar-refractivity contribution in [1.82, 2.24) is 30.1 Å². The third kappa shape index (κ3) is 1.97. The van der Waals surface area contributed by atoms with Gasteiger partial charge in [-0.15, -0.1) is 0 Å². The number of para-hydroxylation sites is 1. The molecule has 0 radical (unpaired) electrons. The first-order valence-corrected chi connectivity index (χ1v) is 7.57. The van der Waals surface area contributed by atoms with Gasteiger partial charge in [-0.25, -0.2) is 15.0 Å². The summed E-state index contributed by atoms with van der Waals surface area (Å²) in [6, 6.07) is 14.2. The fraction of sp³-hybridized carbons (Fsp3) is 0. The molecule has 0 saturated heterocycles. The molecule has 0 spiro atoms. The lowest BCUT2D eigenvalue weighted by Crippen LogP contribution is -1.87. The second-order valence-electron chi connectivity index (χ2n) is 5.56. The predicted molar refractivity (Wildman–Crippen MR) is 92.2 cm³/mol. The largest absolute Gasteiger partial charge is 0.353 e. The molecule has 0 fully saturated rings. The van der Waals surface area contributed by atoms with Crippen molar-refractivity contribution in [2.75, 3.05) is 0 Å². The van der Waals surface area contributed by atoms with Crippen LogP contribution in [0.2, 0.25) is 0 Å². The number of pyridine rings is 1. The molecule has 0 atom stereocenters. The predicted octanol–water partition coefficient (Wildman–Crippen LogP) is 3.56. The molecule has 0 saturated carbocycles. The third-order valence-electron chi connectivity index (χ3n) is 4.05. The first-order chi connectivity index (χ1) is 11.9. The Labute approximate surface area is 136 Å². The Morgan fingerprint density at radius 1 is 0.875 bits per heavy atom. The standard InChI is InChI=1S/C18H12N6/c1-2-4-13-11(3-1)7-16(21-13)18-17-15(23-24-18)6-5-14(22-17)12-8-19-10-20-9-12/h1-10,21H,(H,23,24). The lowest BCUT2D eigenvalue weighted by atomic mass is 10.2. The maximum atomic E-state index is 4.76. The number of aromatic amines is 2. The minimum Gasteiger partial charge on any atom is -0.353 e. The summed E-state index contributed by atoms with van der Waals surface area (Å²) < 4.78 is 0.